The van der Waals surface area contributed by atoms with E-state index in [4.69, 9.17) is 10.6 Å². The molecule has 0 aromatic heterocycles. The van der Waals surface area contributed by atoms with Crippen LogP contribution >= 0.6 is 7.37 Å². The molecule has 0 saturated heterocycles. The number of nitrogens with two attached hydrogens (primary N) is 1. The Bertz CT molecular complexity index is 284. The van der Waals surface area contributed by atoms with Gasteiger partial charge in [0.25, 0.3) is 0 Å². The van der Waals surface area contributed by atoms with Crippen molar-refractivity contribution in [3.8, 4) is 0 Å². The smallest absolute Gasteiger partial charge is 0.241 e. The van der Waals surface area contributed by atoms with E-state index in [-0.39, 0.29) is 19.0 Å². The molecule has 4 N–H and O–H groups in total. The predicted molar refractivity (Wildman–Crippen MR) is 56.3 cm³/mol. The molecule has 6 nitrogen and oxygen atoms in total. The largest absolute Gasteiger partial charge is 0.344 e. The zero-order chi connectivity index (χ0) is 12.1. The second-order valence-electron chi connectivity index (χ2n) is 3.73. The zero-order valence-corrected chi connectivity index (χ0v) is 9.71. The summed E-state index contributed by atoms with van der Waals surface area (Å²) in [5.41, 5.74) is 3.82. The molecule has 0 aromatic carbocycles. The average molecular weight is 235 g/mol. The topological polar surface area (TPSA) is 109 Å². The molecule has 7 heteroatoms. The van der Waals surface area contributed by atoms with Gasteiger partial charge in [-0.1, -0.05) is 0 Å². The molecule has 0 aromatic rings. The van der Waals surface area contributed by atoms with Crippen molar-refractivity contribution >= 4 is 19.6 Å². The maximum atomic E-state index is 11.2. The van der Waals surface area contributed by atoms with Crippen molar-refractivity contribution in [1.82, 2.24) is 5.32 Å². The van der Waals surface area contributed by atoms with Gasteiger partial charge in [0, 0.05) is 19.2 Å². The third-order valence-corrected chi connectivity index (χ3v) is 2.73. The number of nitrogens with one attached hydrogen (secondary N) is 1. The quantitative estimate of drug-likeness (QED) is 0.427. The molecule has 87 valence electrons. The molecule has 1 radical (unpaired) electrons. The first-order valence-electron chi connectivity index (χ1n) is 4.45. The highest BCUT2D eigenvalue weighted by atomic mass is 31.2. The van der Waals surface area contributed by atoms with Crippen LogP contribution < -0.4 is 11.1 Å². The first kappa shape index (κ1) is 14.3. The van der Waals surface area contributed by atoms with Crippen molar-refractivity contribution < 1.29 is 19.0 Å². The predicted octanol–water partition coefficient (Wildman–Crippen LogP) is -0.432. The van der Waals surface area contributed by atoms with Crippen LogP contribution in [0.5, 0.6) is 0 Å². The standard InChI is InChI=1S/C8H16N2O4P/c1-8(9,6-11)10-7(12)4-3-5-15(2,13)14/h3-5,9H2,1-2H3,(H,10,12)(H,13,14)/t8-/m0/s1. The zero-order valence-electron chi connectivity index (χ0n) is 8.82. The first-order valence-corrected chi connectivity index (χ1v) is 6.74. The summed E-state index contributed by atoms with van der Waals surface area (Å²) in [5.74, 6) is -0.434. The molecule has 0 spiro atoms. The van der Waals surface area contributed by atoms with Gasteiger partial charge in [-0.2, -0.15) is 0 Å². The summed E-state index contributed by atoms with van der Waals surface area (Å²) in [6.45, 7) is 2.55. The lowest BCUT2D eigenvalue weighted by Crippen LogP contribution is -2.54. The monoisotopic (exact) mass is 235 g/mol. The fourth-order valence-corrected chi connectivity index (χ4v) is 1.66. The number of rotatable bonds is 6. The molecule has 0 bridgehead atoms. The van der Waals surface area contributed by atoms with Crippen LogP contribution in [-0.4, -0.2) is 35.6 Å². The Morgan fingerprint density at radius 1 is 1.67 bits per heavy atom. The highest BCUT2D eigenvalue weighted by Crippen LogP contribution is 2.35. The van der Waals surface area contributed by atoms with Crippen LogP contribution in [0.25, 0.3) is 0 Å². The summed E-state index contributed by atoms with van der Waals surface area (Å²) in [6, 6.07) is 0. The Morgan fingerprint density at radius 3 is 2.60 bits per heavy atom. The SMILES string of the molecule is C[C@@](N)([C]=O)NC(=O)CCCP(C)(=O)O. The Labute approximate surface area is 88.7 Å². The molecule has 0 heterocycles. The second-order valence-corrected chi connectivity index (χ2v) is 6.28. The highest BCUT2D eigenvalue weighted by Gasteiger charge is 2.21. The van der Waals surface area contributed by atoms with Crippen LogP contribution in [-0.2, 0) is 14.2 Å². The summed E-state index contributed by atoms with van der Waals surface area (Å²) in [6.07, 6.45) is 1.89. The van der Waals surface area contributed by atoms with Gasteiger partial charge >= 0.3 is 0 Å². The van der Waals surface area contributed by atoms with Gasteiger partial charge in [-0.3, -0.25) is 14.2 Å². The summed E-state index contributed by atoms with van der Waals surface area (Å²) in [5, 5.41) is 2.24. The van der Waals surface area contributed by atoms with E-state index in [2.05, 4.69) is 5.32 Å². The van der Waals surface area contributed by atoms with Gasteiger partial charge < -0.3 is 15.9 Å². The van der Waals surface area contributed by atoms with Crippen molar-refractivity contribution in [3.63, 3.8) is 0 Å². The molecule has 1 unspecified atom stereocenters. The lowest BCUT2D eigenvalue weighted by Gasteiger charge is -2.17. The van der Waals surface area contributed by atoms with Crippen molar-refractivity contribution in [2.75, 3.05) is 12.8 Å². The molecule has 0 aliphatic rings. The molecule has 0 aliphatic carbocycles. The van der Waals surface area contributed by atoms with Gasteiger partial charge in [-0.25, -0.2) is 0 Å². The van der Waals surface area contributed by atoms with Gasteiger partial charge in [0.15, 0.2) is 13.0 Å². The molecule has 0 rings (SSSR count). The molecule has 15 heavy (non-hydrogen) atoms. The van der Waals surface area contributed by atoms with E-state index in [9.17, 15) is 14.2 Å². The molecule has 0 saturated carbocycles. The van der Waals surface area contributed by atoms with E-state index < -0.39 is 18.9 Å². The summed E-state index contributed by atoms with van der Waals surface area (Å²) in [7, 11) is -3.07. The fraction of sp³-hybridized carbons (Fsp3) is 0.750. The van der Waals surface area contributed by atoms with Crippen molar-refractivity contribution in [3.05, 3.63) is 0 Å². The number of carbonyl (C=O) groups excluding carboxylic acids is 2. The van der Waals surface area contributed by atoms with E-state index in [1.54, 1.807) is 0 Å². The van der Waals surface area contributed by atoms with Crippen LogP contribution in [0.4, 0.5) is 0 Å². The minimum absolute atomic E-state index is 0.0624. The van der Waals surface area contributed by atoms with Crippen molar-refractivity contribution in [1.29, 1.82) is 0 Å². The van der Waals surface area contributed by atoms with Crippen LogP contribution in [0, 0.1) is 0 Å². The molecule has 0 aliphatic heterocycles. The normalized spacial score (nSPS) is 18.7. The second kappa shape index (κ2) is 5.39. The van der Waals surface area contributed by atoms with E-state index in [0.29, 0.717) is 0 Å². The van der Waals surface area contributed by atoms with Crippen molar-refractivity contribution in [2.45, 2.75) is 25.4 Å². The Morgan fingerprint density at radius 2 is 2.20 bits per heavy atom. The van der Waals surface area contributed by atoms with Gasteiger partial charge in [0.05, 0.1) is 0 Å². The van der Waals surface area contributed by atoms with Gasteiger partial charge in [0.1, 0.15) is 0 Å². The minimum atomic E-state index is -3.07. The summed E-state index contributed by atoms with van der Waals surface area (Å²) in [4.78, 5) is 30.4. The Hall–Kier alpha value is -0.710. The fourth-order valence-electron chi connectivity index (χ4n) is 0.911. The summed E-state index contributed by atoms with van der Waals surface area (Å²) < 4.78 is 10.9. The lowest BCUT2D eigenvalue weighted by molar-refractivity contribution is -0.122. The number of hydrogen-bond donors (Lipinski definition) is 3. The maximum Gasteiger partial charge on any atom is 0.241 e. The van der Waals surface area contributed by atoms with E-state index in [1.807, 2.05) is 0 Å². The van der Waals surface area contributed by atoms with Gasteiger partial charge in [-0.05, 0) is 13.3 Å². The molecule has 2 atom stereocenters. The first-order chi connectivity index (χ1) is 6.66. The van der Waals surface area contributed by atoms with E-state index in [1.165, 1.54) is 19.9 Å². The van der Waals surface area contributed by atoms with E-state index >= 15 is 0 Å². The molecule has 1 amide bonds. The Balaban J connectivity index is 3.87. The number of carbonyl (C=O) groups is 1. The number of hydrogen-bond acceptors (Lipinski definition) is 4. The maximum absolute atomic E-state index is 11.2. The van der Waals surface area contributed by atoms with Crippen LogP contribution in [0.1, 0.15) is 19.8 Å². The van der Waals surface area contributed by atoms with Gasteiger partial charge in [-0.15, -0.1) is 0 Å². The minimum Gasteiger partial charge on any atom is -0.344 e. The Kier molecular flexibility index (Phi) is 5.14. The van der Waals surface area contributed by atoms with Crippen LogP contribution in [0.2, 0.25) is 0 Å². The van der Waals surface area contributed by atoms with Crippen LogP contribution in [0.15, 0.2) is 0 Å². The average Bonchev–Trinajstić information content (AvgIpc) is 2.00. The summed E-state index contributed by atoms with van der Waals surface area (Å²) >= 11 is 0. The third-order valence-electron chi connectivity index (χ3n) is 1.59. The van der Waals surface area contributed by atoms with Crippen molar-refractivity contribution in [2.24, 2.45) is 5.73 Å². The number of amides is 1. The third kappa shape index (κ3) is 8.30. The lowest BCUT2D eigenvalue weighted by atomic mass is 10.2. The van der Waals surface area contributed by atoms with E-state index in [0.717, 1.165) is 0 Å². The van der Waals surface area contributed by atoms with Crippen LogP contribution in [0.3, 0.4) is 0 Å². The highest BCUT2D eigenvalue weighted by molar-refractivity contribution is 7.57. The molecular weight excluding hydrogens is 219 g/mol. The molecular formula is C8H16N2O4P. The van der Waals surface area contributed by atoms with Gasteiger partial charge in [0.2, 0.25) is 12.2 Å². The molecule has 0 fully saturated rings.